The van der Waals surface area contributed by atoms with Crippen LogP contribution in [0.5, 0.6) is 0 Å². The molecule has 5 nitrogen and oxygen atoms in total. The number of nitrogens with zero attached hydrogens (tertiary/aromatic N) is 5. The third-order valence-corrected chi connectivity index (χ3v) is 9.81. The van der Waals surface area contributed by atoms with E-state index in [4.69, 9.17) is 9.97 Å². The molecule has 0 spiro atoms. The molecule has 0 radical (unpaired) electrons. The lowest BCUT2D eigenvalue weighted by molar-refractivity contribution is 1.01. The molecular formula is C42H25N5. The second-order valence-corrected chi connectivity index (χ2v) is 12.2. The molecule has 0 N–H and O–H groups in total. The van der Waals surface area contributed by atoms with Crippen molar-refractivity contribution in [1.82, 2.24) is 23.5 Å². The Hall–Kier alpha value is -6.46. The van der Waals surface area contributed by atoms with E-state index in [2.05, 4.69) is 165 Å². The van der Waals surface area contributed by atoms with E-state index in [9.17, 15) is 0 Å². The fourth-order valence-corrected chi connectivity index (χ4v) is 7.93. The zero-order chi connectivity index (χ0) is 30.6. The van der Waals surface area contributed by atoms with Gasteiger partial charge in [0.05, 0.1) is 38.6 Å². The molecule has 0 saturated carbocycles. The van der Waals surface area contributed by atoms with Crippen LogP contribution in [0.2, 0.25) is 0 Å². The molecular weight excluding hydrogens is 574 g/mol. The first kappa shape index (κ1) is 24.8. The molecule has 47 heavy (non-hydrogen) atoms. The minimum absolute atomic E-state index is 0.881. The van der Waals surface area contributed by atoms with Crippen LogP contribution >= 0.6 is 0 Å². The average Bonchev–Trinajstić information content (AvgIpc) is 3.80. The lowest BCUT2D eigenvalue weighted by atomic mass is 10.00. The molecule has 0 atom stereocenters. The molecule has 0 aliphatic rings. The molecule has 5 aromatic heterocycles. The quantitative estimate of drug-likeness (QED) is 0.186. The van der Waals surface area contributed by atoms with Gasteiger partial charge in [-0.15, -0.1) is 0 Å². The van der Waals surface area contributed by atoms with Crippen LogP contribution in [-0.2, 0) is 0 Å². The zero-order valence-corrected chi connectivity index (χ0v) is 25.2. The normalized spacial score (nSPS) is 12.3. The van der Waals surface area contributed by atoms with E-state index in [-0.39, 0.29) is 0 Å². The van der Waals surface area contributed by atoms with Gasteiger partial charge in [0.1, 0.15) is 17.3 Å². The van der Waals surface area contributed by atoms with E-state index in [1.165, 1.54) is 32.3 Å². The smallest absolute Gasteiger partial charge is 0.146 e. The molecule has 11 rings (SSSR count). The summed E-state index contributed by atoms with van der Waals surface area (Å²) in [5.74, 6) is 1.77. The molecule has 0 aliphatic heterocycles. The fraction of sp³-hybridized carbons (Fsp3) is 0. The van der Waals surface area contributed by atoms with E-state index in [0.29, 0.717) is 0 Å². The van der Waals surface area contributed by atoms with E-state index in [1.54, 1.807) is 0 Å². The topological polar surface area (TPSA) is 40.0 Å². The summed E-state index contributed by atoms with van der Waals surface area (Å²) >= 11 is 0. The Morgan fingerprint density at radius 2 is 0.830 bits per heavy atom. The molecule has 0 amide bonds. The van der Waals surface area contributed by atoms with Crippen molar-refractivity contribution in [2.45, 2.75) is 0 Å². The van der Waals surface area contributed by atoms with E-state index < -0.39 is 0 Å². The fourth-order valence-electron chi connectivity index (χ4n) is 7.93. The van der Waals surface area contributed by atoms with E-state index in [1.807, 2.05) is 0 Å². The maximum atomic E-state index is 5.39. The van der Waals surface area contributed by atoms with Gasteiger partial charge in [0.25, 0.3) is 0 Å². The first-order chi connectivity index (χ1) is 23.3. The average molecular weight is 600 g/mol. The number of aromatic nitrogens is 5. The Labute approximate surface area is 268 Å². The lowest BCUT2D eigenvalue weighted by Crippen LogP contribution is -2.03. The SMILES string of the molecule is c1cc(-n2c3ccccc3c3ccccc32)nc(-n2c3ccccc3c3c4c5ccccc5n5c6ccccc6nc5c4ccc32)c1. The highest BCUT2D eigenvalue weighted by Gasteiger charge is 2.21. The van der Waals surface area contributed by atoms with Gasteiger partial charge in [-0.2, -0.15) is 0 Å². The number of para-hydroxylation sites is 6. The van der Waals surface area contributed by atoms with Crippen LogP contribution in [0.3, 0.4) is 0 Å². The van der Waals surface area contributed by atoms with Crippen molar-refractivity contribution >= 4 is 82.0 Å². The largest absolute Gasteiger partial charge is 0.294 e. The van der Waals surface area contributed by atoms with Crippen LogP contribution in [0.4, 0.5) is 0 Å². The molecule has 0 bridgehead atoms. The zero-order valence-electron chi connectivity index (χ0n) is 25.2. The molecule has 218 valence electrons. The van der Waals surface area contributed by atoms with Crippen molar-refractivity contribution in [2.24, 2.45) is 0 Å². The Balaban J connectivity index is 1.27. The van der Waals surface area contributed by atoms with Gasteiger partial charge in [-0.1, -0.05) is 91.0 Å². The number of fused-ring (bicyclic) bond motifs is 15. The maximum absolute atomic E-state index is 5.39. The third kappa shape index (κ3) is 3.22. The maximum Gasteiger partial charge on any atom is 0.146 e. The monoisotopic (exact) mass is 599 g/mol. The molecule has 11 aromatic rings. The molecule has 0 saturated heterocycles. The van der Waals surface area contributed by atoms with Crippen LogP contribution in [0, 0.1) is 0 Å². The summed E-state index contributed by atoms with van der Waals surface area (Å²) in [7, 11) is 0. The molecule has 0 unspecified atom stereocenters. The molecule has 6 aromatic carbocycles. The summed E-state index contributed by atoms with van der Waals surface area (Å²) in [5.41, 5.74) is 8.79. The van der Waals surface area contributed by atoms with Gasteiger partial charge in [0.2, 0.25) is 0 Å². The van der Waals surface area contributed by atoms with Crippen LogP contribution in [0.1, 0.15) is 0 Å². The summed E-state index contributed by atoms with van der Waals surface area (Å²) in [6.45, 7) is 0. The number of benzene rings is 6. The number of hydrogen-bond donors (Lipinski definition) is 0. The van der Waals surface area contributed by atoms with E-state index in [0.717, 1.165) is 61.3 Å². The van der Waals surface area contributed by atoms with Gasteiger partial charge in [-0.05, 0) is 60.7 Å². The number of rotatable bonds is 2. The summed E-state index contributed by atoms with van der Waals surface area (Å²) in [6, 6.07) is 53.9. The van der Waals surface area contributed by atoms with E-state index >= 15 is 0 Å². The number of imidazole rings is 1. The first-order valence-corrected chi connectivity index (χ1v) is 15.9. The minimum atomic E-state index is 0.881. The standard InChI is InChI=1S/C42H25N5/c1-6-17-32-26(12-1)27-13-2-7-18-33(27)45(32)38-22-11-23-39(44-38)46-34-19-8-4-15-29(34)41-37(46)25-24-30-40(41)28-14-3-9-20-35(28)47-36-21-10-5-16-31(36)43-42(30)47/h1-25H. The Bertz CT molecular complexity index is 3030. The van der Waals surface area contributed by atoms with Gasteiger partial charge < -0.3 is 0 Å². The van der Waals surface area contributed by atoms with Crippen molar-refractivity contribution in [3.63, 3.8) is 0 Å². The molecule has 0 aliphatic carbocycles. The molecule has 5 heterocycles. The second kappa shape index (κ2) is 9.05. The predicted octanol–water partition coefficient (Wildman–Crippen LogP) is 10.4. The van der Waals surface area contributed by atoms with Crippen LogP contribution in [0.15, 0.2) is 152 Å². The Morgan fingerprint density at radius 1 is 0.319 bits per heavy atom. The number of hydrogen-bond acceptors (Lipinski definition) is 2. The van der Waals surface area contributed by atoms with Crippen LogP contribution in [-0.4, -0.2) is 23.5 Å². The Kier molecular flexibility index (Phi) is 4.78. The van der Waals surface area contributed by atoms with Gasteiger partial charge in [0.15, 0.2) is 0 Å². The number of pyridine rings is 2. The molecule has 0 fully saturated rings. The summed E-state index contributed by atoms with van der Waals surface area (Å²) in [6.07, 6.45) is 0. The lowest BCUT2D eigenvalue weighted by Gasteiger charge is -2.12. The summed E-state index contributed by atoms with van der Waals surface area (Å²) in [5, 5.41) is 8.43. The van der Waals surface area contributed by atoms with Gasteiger partial charge in [0, 0.05) is 37.7 Å². The van der Waals surface area contributed by atoms with Crippen molar-refractivity contribution < 1.29 is 0 Å². The van der Waals surface area contributed by atoms with Crippen molar-refractivity contribution in [2.75, 3.05) is 0 Å². The molecule has 5 heteroatoms. The predicted molar refractivity (Wildman–Crippen MR) is 194 cm³/mol. The van der Waals surface area contributed by atoms with Crippen LogP contribution in [0.25, 0.3) is 93.6 Å². The van der Waals surface area contributed by atoms with Gasteiger partial charge in [-0.3, -0.25) is 13.5 Å². The summed E-state index contributed by atoms with van der Waals surface area (Å²) in [4.78, 5) is 10.6. The highest BCUT2D eigenvalue weighted by Crippen LogP contribution is 2.42. The van der Waals surface area contributed by atoms with Crippen LogP contribution < -0.4 is 0 Å². The summed E-state index contributed by atoms with van der Waals surface area (Å²) < 4.78 is 6.92. The highest BCUT2D eigenvalue weighted by atomic mass is 15.1. The van der Waals surface area contributed by atoms with Gasteiger partial charge >= 0.3 is 0 Å². The van der Waals surface area contributed by atoms with Gasteiger partial charge in [-0.25, -0.2) is 9.97 Å². The second-order valence-electron chi connectivity index (χ2n) is 12.2. The first-order valence-electron chi connectivity index (χ1n) is 15.9. The Morgan fingerprint density at radius 3 is 1.51 bits per heavy atom. The van der Waals surface area contributed by atoms with Crippen molar-refractivity contribution in [1.29, 1.82) is 0 Å². The van der Waals surface area contributed by atoms with Crippen molar-refractivity contribution in [3.05, 3.63) is 152 Å². The highest BCUT2D eigenvalue weighted by molar-refractivity contribution is 6.30. The third-order valence-electron chi connectivity index (χ3n) is 9.81. The van der Waals surface area contributed by atoms with Crippen molar-refractivity contribution in [3.8, 4) is 11.6 Å². The minimum Gasteiger partial charge on any atom is -0.294 e.